The molecule has 0 heterocycles. The summed E-state index contributed by atoms with van der Waals surface area (Å²) in [5.41, 5.74) is -0.210. The lowest BCUT2D eigenvalue weighted by molar-refractivity contribution is -0.158. The van der Waals surface area contributed by atoms with Gasteiger partial charge in [-0.1, -0.05) is 71.6 Å². The van der Waals surface area contributed by atoms with Crippen LogP contribution in [-0.2, 0) is 9.53 Å². The van der Waals surface area contributed by atoms with Gasteiger partial charge in [0.1, 0.15) is 0 Å². The highest BCUT2D eigenvalue weighted by atomic mass is 16.5. The second-order valence-electron chi connectivity index (χ2n) is 9.87. The van der Waals surface area contributed by atoms with Gasteiger partial charge in [-0.05, 0) is 69.6 Å². The SMILES string of the molecule is CCCCCCOC(=O)C1(C)CCC(C2CCC(CCCCC)CC2)CC1. The topological polar surface area (TPSA) is 26.3 Å². The standard InChI is InChI=1S/C25H46O2/c1-4-6-8-10-20-27-24(26)25(3)18-16-23(17-19-25)22-14-12-21(13-15-22)11-9-7-5-2/h21-23H,4-20H2,1-3H3. The molecule has 0 aromatic carbocycles. The van der Waals surface area contributed by atoms with E-state index in [0.29, 0.717) is 6.61 Å². The predicted molar refractivity (Wildman–Crippen MR) is 115 cm³/mol. The molecule has 27 heavy (non-hydrogen) atoms. The zero-order chi connectivity index (χ0) is 19.5. The highest BCUT2D eigenvalue weighted by molar-refractivity contribution is 5.76. The van der Waals surface area contributed by atoms with E-state index < -0.39 is 0 Å². The van der Waals surface area contributed by atoms with Gasteiger partial charge in [0.25, 0.3) is 0 Å². The summed E-state index contributed by atoms with van der Waals surface area (Å²) in [6.45, 7) is 7.29. The van der Waals surface area contributed by atoms with Gasteiger partial charge in [-0.3, -0.25) is 4.79 Å². The Morgan fingerprint density at radius 2 is 1.41 bits per heavy atom. The second kappa shape index (κ2) is 12.1. The average molecular weight is 379 g/mol. The van der Waals surface area contributed by atoms with Crippen molar-refractivity contribution in [1.29, 1.82) is 0 Å². The summed E-state index contributed by atoms with van der Waals surface area (Å²) in [6, 6.07) is 0. The fourth-order valence-electron chi connectivity index (χ4n) is 5.45. The molecule has 2 fully saturated rings. The minimum Gasteiger partial charge on any atom is -0.465 e. The Kier molecular flexibility index (Phi) is 10.2. The lowest BCUT2D eigenvalue weighted by atomic mass is 9.65. The van der Waals surface area contributed by atoms with E-state index in [2.05, 4.69) is 20.8 Å². The lowest BCUT2D eigenvalue weighted by Crippen LogP contribution is -2.36. The zero-order valence-corrected chi connectivity index (χ0v) is 18.6. The smallest absolute Gasteiger partial charge is 0.311 e. The van der Waals surface area contributed by atoms with Gasteiger partial charge >= 0.3 is 5.97 Å². The molecule has 0 aliphatic heterocycles. The number of esters is 1. The molecule has 0 spiro atoms. The zero-order valence-electron chi connectivity index (χ0n) is 18.6. The van der Waals surface area contributed by atoms with Gasteiger partial charge in [-0.15, -0.1) is 0 Å². The fourth-order valence-corrected chi connectivity index (χ4v) is 5.45. The Balaban J connectivity index is 1.65. The maximum Gasteiger partial charge on any atom is 0.311 e. The third-order valence-corrected chi connectivity index (χ3v) is 7.63. The van der Waals surface area contributed by atoms with Crippen LogP contribution in [0.5, 0.6) is 0 Å². The van der Waals surface area contributed by atoms with E-state index in [1.807, 2.05) is 0 Å². The molecule has 0 unspecified atom stereocenters. The van der Waals surface area contributed by atoms with Gasteiger partial charge < -0.3 is 4.74 Å². The van der Waals surface area contributed by atoms with Gasteiger partial charge in [-0.25, -0.2) is 0 Å². The third kappa shape index (κ3) is 7.42. The molecule has 0 saturated heterocycles. The van der Waals surface area contributed by atoms with Crippen LogP contribution in [0.1, 0.15) is 124 Å². The second-order valence-corrected chi connectivity index (χ2v) is 9.87. The van der Waals surface area contributed by atoms with E-state index in [1.54, 1.807) is 0 Å². The van der Waals surface area contributed by atoms with E-state index in [9.17, 15) is 4.79 Å². The highest BCUT2D eigenvalue weighted by Gasteiger charge is 2.41. The lowest BCUT2D eigenvalue weighted by Gasteiger charge is -2.41. The van der Waals surface area contributed by atoms with E-state index in [4.69, 9.17) is 4.74 Å². The summed E-state index contributed by atoms with van der Waals surface area (Å²) in [5, 5.41) is 0. The van der Waals surface area contributed by atoms with Crippen LogP contribution in [-0.4, -0.2) is 12.6 Å². The summed E-state index contributed by atoms with van der Waals surface area (Å²) >= 11 is 0. The Morgan fingerprint density at radius 1 is 0.815 bits per heavy atom. The van der Waals surface area contributed by atoms with Gasteiger partial charge in [-0.2, -0.15) is 0 Å². The molecule has 0 N–H and O–H groups in total. The van der Waals surface area contributed by atoms with Gasteiger partial charge in [0, 0.05) is 0 Å². The molecular formula is C25H46O2. The number of rotatable bonds is 11. The van der Waals surface area contributed by atoms with Gasteiger partial charge in [0.15, 0.2) is 0 Å². The largest absolute Gasteiger partial charge is 0.465 e. The minimum atomic E-state index is -0.210. The van der Waals surface area contributed by atoms with Crippen molar-refractivity contribution in [3.8, 4) is 0 Å². The van der Waals surface area contributed by atoms with Crippen molar-refractivity contribution in [3.05, 3.63) is 0 Å². The number of hydrogen-bond acceptors (Lipinski definition) is 2. The first-order valence-electron chi connectivity index (χ1n) is 12.3. The Bertz CT molecular complexity index is 401. The molecule has 0 atom stereocenters. The molecule has 0 bridgehead atoms. The maximum absolute atomic E-state index is 12.6. The Morgan fingerprint density at radius 3 is 2.04 bits per heavy atom. The van der Waals surface area contributed by atoms with Crippen LogP contribution >= 0.6 is 0 Å². The van der Waals surface area contributed by atoms with Crippen molar-refractivity contribution in [2.75, 3.05) is 6.61 Å². The first-order valence-corrected chi connectivity index (χ1v) is 12.3. The monoisotopic (exact) mass is 378 g/mol. The van der Waals surface area contributed by atoms with Crippen LogP contribution in [0.4, 0.5) is 0 Å². The molecule has 0 aromatic heterocycles. The number of carbonyl (C=O) groups excluding carboxylic acids is 1. The maximum atomic E-state index is 12.6. The van der Waals surface area contributed by atoms with E-state index in [0.717, 1.165) is 37.0 Å². The molecule has 2 nitrogen and oxygen atoms in total. The molecule has 0 aromatic rings. The molecule has 2 saturated carbocycles. The molecule has 158 valence electrons. The fraction of sp³-hybridized carbons (Fsp3) is 0.960. The van der Waals surface area contributed by atoms with Crippen LogP contribution in [0, 0.1) is 23.2 Å². The van der Waals surface area contributed by atoms with Crippen LogP contribution in [0.2, 0.25) is 0 Å². The van der Waals surface area contributed by atoms with Gasteiger partial charge in [0.2, 0.25) is 0 Å². The van der Waals surface area contributed by atoms with E-state index in [-0.39, 0.29) is 11.4 Å². The first kappa shape index (κ1) is 22.8. The highest BCUT2D eigenvalue weighted by Crippen LogP contribution is 2.46. The van der Waals surface area contributed by atoms with Crippen molar-refractivity contribution in [3.63, 3.8) is 0 Å². The third-order valence-electron chi connectivity index (χ3n) is 7.63. The molecule has 2 heteroatoms. The molecule has 0 amide bonds. The summed E-state index contributed by atoms with van der Waals surface area (Å²) < 4.78 is 5.63. The molecule has 2 rings (SSSR count). The Hall–Kier alpha value is -0.530. The van der Waals surface area contributed by atoms with Crippen molar-refractivity contribution < 1.29 is 9.53 Å². The van der Waals surface area contributed by atoms with Crippen molar-refractivity contribution in [2.45, 2.75) is 124 Å². The number of carbonyl (C=O) groups is 1. The predicted octanol–water partition coefficient (Wildman–Crippen LogP) is 7.69. The van der Waals surface area contributed by atoms with Crippen LogP contribution in [0.15, 0.2) is 0 Å². The molecule has 2 aliphatic carbocycles. The molecule has 0 radical (unpaired) electrons. The summed E-state index contributed by atoms with van der Waals surface area (Å²) in [7, 11) is 0. The van der Waals surface area contributed by atoms with Crippen molar-refractivity contribution in [1.82, 2.24) is 0 Å². The van der Waals surface area contributed by atoms with Crippen molar-refractivity contribution in [2.24, 2.45) is 23.2 Å². The number of unbranched alkanes of at least 4 members (excludes halogenated alkanes) is 5. The number of hydrogen-bond donors (Lipinski definition) is 0. The quantitative estimate of drug-likeness (QED) is 0.272. The summed E-state index contributed by atoms with van der Waals surface area (Å²) in [4.78, 5) is 12.6. The van der Waals surface area contributed by atoms with E-state index in [1.165, 1.54) is 83.5 Å². The van der Waals surface area contributed by atoms with Crippen LogP contribution in [0.3, 0.4) is 0 Å². The summed E-state index contributed by atoms with van der Waals surface area (Å²) in [5.74, 6) is 2.88. The first-order chi connectivity index (χ1) is 13.1. The van der Waals surface area contributed by atoms with Crippen LogP contribution in [0.25, 0.3) is 0 Å². The average Bonchev–Trinajstić information content (AvgIpc) is 2.69. The van der Waals surface area contributed by atoms with E-state index >= 15 is 0 Å². The minimum absolute atomic E-state index is 0.0806. The van der Waals surface area contributed by atoms with Crippen LogP contribution < -0.4 is 0 Å². The molecule has 2 aliphatic rings. The summed E-state index contributed by atoms with van der Waals surface area (Å²) in [6.07, 6.45) is 20.7. The van der Waals surface area contributed by atoms with Gasteiger partial charge in [0.05, 0.1) is 12.0 Å². The normalized spacial score (nSPS) is 31.6. The number of ether oxygens (including phenoxy) is 1. The Labute approximate surface area is 169 Å². The molecular weight excluding hydrogens is 332 g/mol. The van der Waals surface area contributed by atoms with Crippen molar-refractivity contribution >= 4 is 5.97 Å².